The highest BCUT2D eigenvalue weighted by molar-refractivity contribution is 5.77. The average molecular weight is 258 g/mol. The van der Waals surface area contributed by atoms with E-state index in [1.165, 1.54) is 6.42 Å². The Hall–Kier alpha value is -1.88. The number of benzene rings is 1. The highest BCUT2D eigenvalue weighted by atomic mass is 16.5. The van der Waals surface area contributed by atoms with Crippen molar-refractivity contribution in [2.24, 2.45) is 0 Å². The molecule has 0 aliphatic carbocycles. The molecule has 0 radical (unpaired) electrons. The Balaban J connectivity index is 1.91. The zero-order valence-electron chi connectivity index (χ0n) is 11.0. The molecular formula is C14H18N4O. The maximum Gasteiger partial charge on any atom is 0.257 e. The van der Waals surface area contributed by atoms with Crippen LogP contribution in [0.2, 0.25) is 0 Å². The van der Waals surface area contributed by atoms with Crippen LogP contribution in [0, 0.1) is 0 Å². The first-order valence-corrected chi connectivity index (χ1v) is 6.65. The third-order valence-electron chi connectivity index (χ3n) is 3.37. The summed E-state index contributed by atoms with van der Waals surface area (Å²) in [4.78, 5) is 9.11. The largest absolute Gasteiger partial charge is 0.478 e. The van der Waals surface area contributed by atoms with E-state index in [0.717, 1.165) is 36.4 Å². The number of aromatic nitrogens is 2. The van der Waals surface area contributed by atoms with E-state index in [9.17, 15) is 0 Å². The molecule has 5 nitrogen and oxygen atoms in total. The normalized spacial score (nSPS) is 19.3. The van der Waals surface area contributed by atoms with E-state index in [4.69, 9.17) is 4.74 Å². The van der Waals surface area contributed by atoms with Crippen molar-refractivity contribution >= 4 is 16.9 Å². The van der Waals surface area contributed by atoms with E-state index in [2.05, 4.69) is 20.6 Å². The smallest absolute Gasteiger partial charge is 0.257 e. The minimum atomic E-state index is 0.387. The van der Waals surface area contributed by atoms with Crippen molar-refractivity contribution in [2.75, 3.05) is 25.5 Å². The van der Waals surface area contributed by atoms with Crippen molar-refractivity contribution in [1.82, 2.24) is 15.3 Å². The lowest BCUT2D eigenvalue weighted by atomic mass is 10.1. The van der Waals surface area contributed by atoms with Crippen LogP contribution in [0.4, 0.5) is 5.82 Å². The standard InChI is InChI=1S/C14H18N4O/c1-19-14-13(16-10-5-4-8-15-9-10)17-11-6-2-3-7-12(11)18-14/h2-3,6-7,10,15H,4-5,8-9H2,1H3,(H,16,17)/t10-/m1/s1. The molecule has 1 saturated heterocycles. The summed E-state index contributed by atoms with van der Waals surface area (Å²) >= 11 is 0. The molecule has 0 unspecified atom stereocenters. The molecule has 19 heavy (non-hydrogen) atoms. The van der Waals surface area contributed by atoms with Gasteiger partial charge in [0.05, 0.1) is 18.1 Å². The highest BCUT2D eigenvalue weighted by Gasteiger charge is 2.16. The first-order chi connectivity index (χ1) is 9.36. The summed E-state index contributed by atoms with van der Waals surface area (Å²) in [6.45, 7) is 2.05. The van der Waals surface area contributed by atoms with Crippen LogP contribution in [0.1, 0.15) is 12.8 Å². The van der Waals surface area contributed by atoms with Crippen LogP contribution in [-0.2, 0) is 0 Å². The minimum absolute atomic E-state index is 0.387. The van der Waals surface area contributed by atoms with Gasteiger partial charge in [0, 0.05) is 12.6 Å². The summed E-state index contributed by atoms with van der Waals surface area (Å²) in [5, 5.41) is 6.81. The highest BCUT2D eigenvalue weighted by Crippen LogP contribution is 2.24. The zero-order valence-corrected chi connectivity index (χ0v) is 11.0. The molecule has 0 spiro atoms. The summed E-state index contributed by atoms with van der Waals surface area (Å²) in [7, 11) is 1.63. The van der Waals surface area contributed by atoms with Gasteiger partial charge in [0.15, 0.2) is 5.82 Å². The molecule has 1 fully saturated rings. The Bertz CT molecular complexity index is 566. The fourth-order valence-corrected chi connectivity index (χ4v) is 2.39. The second kappa shape index (κ2) is 5.40. The van der Waals surface area contributed by atoms with Gasteiger partial charge in [-0.05, 0) is 31.5 Å². The van der Waals surface area contributed by atoms with Crippen LogP contribution < -0.4 is 15.4 Å². The number of methoxy groups -OCH3 is 1. The number of hydrogen-bond acceptors (Lipinski definition) is 5. The minimum Gasteiger partial charge on any atom is -0.478 e. The topological polar surface area (TPSA) is 59.1 Å². The maximum absolute atomic E-state index is 5.34. The van der Waals surface area contributed by atoms with Crippen LogP contribution in [0.15, 0.2) is 24.3 Å². The number of hydrogen-bond donors (Lipinski definition) is 2. The van der Waals surface area contributed by atoms with Gasteiger partial charge in [-0.2, -0.15) is 0 Å². The van der Waals surface area contributed by atoms with Gasteiger partial charge in [-0.1, -0.05) is 12.1 Å². The molecule has 1 aliphatic heterocycles. The van der Waals surface area contributed by atoms with Gasteiger partial charge in [-0.3, -0.25) is 0 Å². The van der Waals surface area contributed by atoms with Crippen molar-refractivity contribution in [3.63, 3.8) is 0 Å². The van der Waals surface area contributed by atoms with Gasteiger partial charge < -0.3 is 15.4 Å². The van der Waals surface area contributed by atoms with E-state index in [-0.39, 0.29) is 0 Å². The second-order valence-corrected chi connectivity index (χ2v) is 4.76. The van der Waals surface area contributed by atoms with Crippen LogP contribution >= 0.6 is 0 Å². The maximum atomic E-state index is 5.34. The molecule has 2 aromatic rings. The Morgan fingerprint density at radius 2 is 2.05 bits per heavy atom. The summed E-state index contributed by atoms with van der Waals surface area (Å²) in [5.74, 6) is 1.29. The SMILES string of the molecule is COc1nc2ccccc2nc1N[C@@H]1CCCNC1. The van der Waals surface area contributed by atoms with Crippen molar-refractivity contribution in [3.8, 4) is 5.88 Å². The predicted molar refractivity (Wildman–Crippen MR) is 75.6 cm³/mol. The lowest BCUT2D eigenvalue weighted by molar-refractivity contribution is 0.397. The van der Waals surface area contributed by atoms with Gasteiger partial charge in [-0.25, -0.2) is 9.97 Å². The lowest BCUT2D eigenvalue weighted by Crippen LogP contribution is -2.38. The van der Waals surface area contributed by atoms with E-state index in [1.54, 1.807) is 7.11 Å². The number of ether oxygens (including phenoxy) is 1. The summed E-state index contributed by atoms with van der Waals surface area (Å²) in [5.41, 5.74) is 1.74. The molecule has 100 valence electrons. The second-order valence-electron chi connectivity index (χ2n) is 4.76. The molecule has 1 aromatic carbocycles. The number of nitrogens with one attached hydrogen (secondary N) is 2. The van der Waals surface area contributed by atoms with Gasteiger partial charge in [-0.15, -0.1) is 0 Å². The van der Waals surface area contributed by atoms with Crippen LogP contribution in [0.25, 0.3) is 11.0 Å². The third kappa shape index (κ3) is 2.61. The molecule has 3 rings (SSSR count). The third-order valence-corrected chi connectivity index (χ3v) is 3.37. The van der Waals surface area contributed by atoms with Gasteiger partial charge in [0.25, 0.3) is 5.88 Å². The quantitative estimate of drug-likeness (QED) is 0.879. The van der Waals surface area contributed by atoms with E-state index in [0.29, 0.717) is 11.9 Å². The fraction of sp³-hybridized carbons (Fsp3) is 0.429. The van der Waals surface area contributed by atoms with Crippen LogP contribution in [0.3, 0.4) is 0 Å². The lowest BCUT2D eigenvalue weighted by Gasteiger charge is -2.24. The number of rotatable bonds is 3. The summed E-state index contributed by atoms with van der Waals surface area (Å²) in [6.07, 6.45) is 2.33. The van der Waals surface area contributed by atoms with E-state index >= 15 is 0 Å². The molecule has 0 amide bonds. The molecule has 2 heterocycles. The number of para-hydroxylation sites is 2. The Kier molecular flexibility index (Phi) is 3.46. The number of piperidine rings is 1. The number of fused-ring (bicyclic) bond motifs is 1. The first-order valence-electron chi connectivity index (χ1n) is 6.65. The zero-order chi connectivity index (χ0) is 13.1. The average Bonchev–Trinajstić information content (AvgIpc) is 2.47. The summed E-state index contributed by atoms with van der Waals surface area (Å²) < 4.78 is 5.34. The van der Waals surface area contributed by atoms with Crippen molar-refractivity contribution in [2.45, 2.75) is 18.9 Å². The molecular weight excluding hydrogens is 240 g/mol. The fourth-order valence-electron chi connectivity index (χ4n) is 2.39. The molecule has 5 heteroatoms. The monoisotopic (exact) mass is 258 g/mol. The van der Waals surface area contributed by atoms with Crippen LogP contribution in [0.5, 0.6) is 5.88 Å². The van der Waals surface area contributed by atoms with Gasteiger partial charge >= 0.3 is 0 Å². The van der Waals surface area contributed by atoms with Crippen molar-refractivity contribution < 1.29 is 4.74 Å². The predicted octanol–water partition coefficient (Wildman–Crippen LogP) is 1.80. The Morgan fingerprint density at radius 3 is 2.74 bits per heavy atom. The Labute approximate surface area is 112 Å². The molecule has 1 atom stereocenters. The van der Waals surface area contributed by atoms with Gasteiger partial charge in [0.2, 0.25) is 0 Å². The van der Waals surface area contributed by atoms with Crippen LogP contribution in [-0.4, -0.2) is 36.2 Å². The van der Waals surface area contributed by atoms with Crippen molar-refractivity contribution in [1.29, 1.82) is 0 Å². The molecule has 0 saturated carbocycles. The summed E-state index contributed by atoms with van der Waals surface area (Å²) in [6, 6.07) is 8.21. The Morgan fingerprint density at radius 1 is 1.26 bits per heavy atom. The number of nitrogens with zero attached hydrogens (tertiary/aromatic N) is 2. The van der Waals surface area contributed by atoms with Crippen molar-refractivity contribution in [3.05, 3.63) is 24.3 Å². The van der Waals surface area contributed by atoms with E-state index < -0.39 is 0 Å². The molecule has 1 aliphatic rings. The molecule has 0 bridgehead atoms. The molecule has 1 aromatic heterocycles. The number of anilines is 1. The van der Waals surface area contributed by atoms with Gasteiger partial charge in [0.1, 0.15) is 0 Å². The molecule has 2 N–H and O–H groups in total. The first kappa shape index (κ1) is 12.2. The van der Waals surface area contributed by atoms with E-state index in [1.807, 2.05) is 24.3 Å².